The van der Waals surface area contributed by atoms with Gasteiger partial charge in [-0.25, -0.2) is 0 Å². The highest BCUT2D eigenvalue weighted by molar-refractivity contribution is 5.78. The molecular weight excluding hydrogens is 244 g/mol. The van der Waals surface area contributed by atoms with Crippen LogP contribution in [0.4, 0.5) is 0 Å². The summed E-state index contributed by atoms with van der Waals surface area (Å²) in [5.74, 6) is -0.599. The van der Waals surface area contributed by atoms with E-state index in [0.29, 0.717) is 6.42 Å². The fraction of sp³-hybridized carbons (Fsp3) is 0.857. The molecule has 1 amide bonds. The number of hydrogen-bond acceptors (Lipinski definition) is 3. The van der Waals surface area contributed by atoms with E-state index in [1.165, 1.54) is 6.42 Å². The van der Waals surface area contributed by atoms with Crippen LogP contribution >= 0.6 is 0 Å². The molecule has 0 bridgehead atoms. The van der Waals surface area contributed by atoms with Crippen molar-refractivity contribution >= 4 is 11.9 Å². The molecule has 0 radical (unpaired) electrons. The Kier molecular flexibility index (Phi) is 4.45. The highest BCUT2D eigenvalue weighted by Crippen LogP contribution is 2.36. The van der Waals surface area contributed by atoms with Gasteiger partial charge in [0.2, 0.25) is 5.91 Å². The number of carboxylic acids is 1. The summed E-state index contributed by atoms with van der Waals surface area (Å²) in [5.41, 5.74) is -0.211. The summed E-state index contributed by atoms with van der Waals surface area (Å²) in [6.45, 7) is 0.763. The number of hydrogen-bond donors (Lipinski definition) is 2. The third kappa shape index (κ3) is 3.47. The molecule has 5 nitrogen and oxygen atoms in total. The van der Waals surface area contributed by atoms with Gasteiger partial charge in [-0.05, 0) is 26.3 Å². The molecule has 1 aliphatic heterocycles. The van der Waals surface area contributed by atoms with Gasteiger partial charge in [0, 0.05) is 24.5 Å². The molecule has 1 unspecified atom stereocenters. The zero-order valence-electron chi connectivity index (χ0n) is 11.7. The molecule has 1 aliphatic carbocycles. The van der Waals surface area contributed by atoms with Crippen LogP contribution in [0.25, 0.3) is 0 Å². The lowest BCUT2D eigenvalue weighted by Gasteiger charge is -2.44. The molecule has 2 fully saturated rings. The van der Waals surface area contributed by atoms with Crippen molar-refractivity contribution in [2.24, 2.45) is 0 Å². The molecular formula is C14H24N2O3. The zero-order chi connectivity index (χ0) is 13.9. The molecule has 1 heterocycles. The Morgan fingerprint density at radius 3 is 2.63 bits per heavy atom. The van der Waals surface area contributed by atoms with E-state index in [-0.39, 0.29) is 23.9 Å². The topological polar surface area (TPSA) is 69.6 Å². The van der Waals surface area contributed by atoms with E-state index in [1.54, 1.807) is 0 Å². The first kappa shape index (κ1) is 14.3. The van der Waals surface area contributed by atoms with Crippen LogP contribution in [-0.4, -0.2) is 47.1 Å². The van der Waals surface area contributed by atoms with Crippen LogP contribution in [-0.2, 0) is 9.59 Å². The monoisotopic (exact) mass is 268 g/mol. The van der Waals surface area contributed by atoms with Gasteiger partial charge in [0.15, 0.2) is 0 Å². The minimum Gasteiger partial charge on any atom is -0.481 e. The Bertz CT molecular complexity index is 351. The summed E-state index contributed by atoms with van der Waals surface area (Å²) in [4.78, 5) is 24.6. The molecule has 0 aromatic heterocycles. The van der Waals surface area contributed by atoms with Gasteiger partial charge in [-0.3, -0.25) is 14.5 Å². The predicted octanol–water partition coefficient (Wildman–Crippen LogP) is 1.37. The second-order valence-electron chi connectivity index (χ2n) is 6.04. The minimum absolute atomic E-state index is 0.120. The van der Waals surface area contributed by atoms with Crippen LogP contribution in [0.15, 0.2) is 0 Å². The van der Waals surface area contributed by atoms with Crippen LogP contribution in [0.2, 0.25) is 0 Å². The van der Waals surface area contributed by atoms with Crippen LogP contribution < -0.4 is 5.32 Å². The van der Waals surface area contributed by atoms with E-state index >= 15 is 0 Å². The molecule has 0 aromatic rings. The molecule has 108 valence electrons. The van der Waals surface area contributed by atoms with Crippen LogP contribution in [0.3, 0.4) is 0 Å². The SMILES string of the molecule is CN(CC1CCC(=O)N1)C1(CC(=O)O)CCCCC1. The molecule has 2 aliphatic rings. The maximum atomic E-state index is 11.2. The summed E-state index contributed by atoms with van der Waals surface area (Å²) in [5, 5.41) is 12.2. The van der Waals surface area contributed by atoms with Gasteiger partial charge in [0.1, 0.15) is 0 Å². The molecule has 1 saturated heterocycles. The number of carbonyl (C=O) groups is 2. The lowest BCUT2D eigenvalue weighted by Crippen LogP contribution is -2.53. The Morgan fingerprint density at radius 1 is 1.42 bits per heavy atom. The summed E-state index contributed by atoms with van der Waals surface area (Å²) >= 11 is 0. The Labute approximate surface area is 114 Å². The zero-order valence-corrected chi connectivity index (χ0v) is 11.7. The minimum atomic E-state index is -0.718. The predicted molar refractivity (Wildman–Crippen MR) is 71.9 cm³/mol. The van der Waals surface area contributed by atoms with Gasteiger partial charge in [0.25, 0.3) is 0 Å². The fourth-order valence-electron chi connectivity index (χ4n) is 3.52. The first-order valence-corrected chi connectivity index (χ1v) is 7.24. The number of carbonyl (C=O) groups excluding carboxylic acids is 1. The van der Waals surface area contributed by atoms with Crippen molar-refractivity contribution in [1.29, 1.82) is 0 Å². The first-order valence-electron chi connectivity index (χ1n) is 7.24. The fourth-order valence-corrected chi connectivity index (χ4v) is 3.52. The maximum absolute atomic E-state index is 11.2. The van der Waals surface area contributed by atoms with Crippen LogP contribution in [0.5, 0.6) is 0 Å². The number of carboxylic acid groups (broad SMARTS) is 1. The third-order valence-electron chi connectivity index (χ3n) is 4.65. The number of rotatable bonds is 5. The van der Waals surface area contributed by atoms with Crippen molar-refractivity contribution in [1.82, 2.24) is 10.2 Å². The van der Waals surface area contributed by atoms with Crippen molar-refractivity contribution in [3.63, 3.8) is 0 Å². The molecule has 1 atom stereocenters. The van der Waals surface area contributed by atoms with Gasteiger partial charge < -0.3 is 10.4 Å². The van der Waals surface area contributed by atoms with Crippen LogP contribution in [0.1, 0.15) is 51.4 Å². The quantitative estimate of drug-likeness (QED) is 0.790. The molecule has 2 N–H and O–H groups in total. The lowest BCUT2D eigenvalue weighted by molar-refractivity contribution is -0.141. The molecule has 0 spiro atoms. The molecule has 1 saturated carbocycles. The molecule has 5 heteroatoms. The van der Waals surface area contributed by atoms with E-state index in [0.717, 1.165) is 38.6 Å². The number of aliphatic carboxylic acids is 1. The Morgan fingerprint density at radius 2 is 2.11 bits per heavy atom. The lowest BCUT2D eigenvalue weighted by atomic mass is 9.78. The number of nitrogens with zero attached hydrogens (tertiary/aromatic N) is 1. The summed E-state index contributed by atoms with van der Waals surface area (Å²) < 4.78 is 0. The van der Waals surface area contributed by atoms with Gasteiger partial charge in [0.05, 0.1) is 6.42 Å². The molecule has 2 rings (SSSR count). The van der Waals surface area contributed by atoms with Crippen molar-refractivity contribution in [2.75, 3.05) is 13.6 Å². The first-order chi connectivity index (χ1) is 9.02. The number of nitrogens with one attached hydrogen (secondary N) is 1. The van der Waals surface area contributed by atoms with E-state index in [2.05, 4.69) is 10.2 Å². The Balaban J connectivity index is 2.00. The summed E-state index contributed by atoms with van der Waals surface area (Å²) in [6.07, 6.45) is 7.01. The highest BCUT2D eigenvalue weighted by Gasteiger charge is 2.39. The average Bonchev–Trinajstić information content (AvgIpc) is 2.75. The molecule has 0 aromatic carbocycles. The van der Waals surface area contributed by atoms with E-state index in [9.17, 15) is 14.7 Å². The van der Waals surface area contributed by atoms with E-state index in [4.69, 9.17) is 0 Å². The van der Waals surface area contributed by atoms with Crippen molar-refractivity contribution < 1.29 is 14.7 Å². The van der Waals surface area contributed by atoms with E-state index in [1.807, 2.05) is 7.05 Å². The number of likely N-dealkylation sites (N-methyl/N-ethyl adjacent to an activating group) is 1. The average molecular weight is 268 g/mol. The normalized spacial score (nSPS) is 26.4. The summed E-state index contributed by atoms with van der Waals surface area (Å²) in [7, 11) is 2.01. The highest BCUT2D eigenvalue weighted by atomic mass is 16.4. The smallest absolute Gasteiger partial charge is 0.305 e. The second-order valence-corrected chi connectivity index (χ2v) is 6.04. The van der Waals surface area contributed by atoms with Crippen molar-refractivity contribution in [2.45, 2.75) is 62.9 Å². The second kappa shape index (κ2) is 5.90. The van der Waals surface area contributed by atoms with Gasteiger partial charge in [-0.15, -0.1) is 0 Å². The van der Waals surface area contributed by atoms with Crippen molar-refractivity contribution in [3.05, 3.63) is 0 Å². The Hall–Kier alpha value is -1.10. The van der Waals surface area contributed by atoms with Gasteiger partial charge >= 0.3 is 5.97 Å². The summed E-state index contributed by atoms with van der Waals surface area (Å²) in [6, 6.07) is 0.185. The van der Waals surface area contributed by atoms with Crippen LogP contribution in [0, 0.1) is 0 Å². The molecule has 19 heavy (non-hydrogen) atoms. The largest absolute Gasteiger partial charge is 0.481 e. The van der Waals surface area contributed by atoms with Crippen molar-refractivity contribution in [3.8, 4) is 0 Å². The van der Waals surface area contributed by atoms with E-state index < -0.39 is 5.97 Å². The standard InChI is InChI=1S/C14H24N2O3/c1-16(10-11-5-6-12(17)15-11)14(9-13(18)19)7-3-2-4-8-14/h11H,2-10H2,1H3,(H,15,17)(H,18,19). The van der Waals surface area contributed by atoms with Gasteiger partial charge in [-0.1, -0.05) is 19.3 Å². The third-order valence-corrected chi connectivity index (χ3v) is 4.65. The number of amides is 1. The van der Waals surface area contributed by atoms with Gasteiger partial charge in [-0.2, -0.15) is 0 Å². The maximum Gasteiger partial charge on any atom is 0.305 e.